The lowest BCUT2D eigenvalue weighted by Crippen LogP contribution is -2.68. The average Bonchev–Trinajstić information content (AvgIpc) is 3.02. The average molecular weight is 679 g/mol. The van der Waals surface area contributed by atoms with Crippen molar-refractivity contribution in [1.82, 2.24) is 0 Å². The summed E-state index contributed by atoms with van der Waals surface area (Å²) in [7, 11) is 1.14. The van der Waals surface area contributed by atoms with Gasteiger partial charge in [0.25, 0.3) is 0 Å². The van der Waals surface area contributed by atoms with E-state index in [4.69, 9.17) is 14.2 Å². The Kier molecular flexibility index (Phi) is 8.84. The lowest BCUT2D eigenvalue weighted by molar-refractivity contribution is -0.328. The zero-order chi connectivity index (χ0) is 35.4. The van der Waals surface area contributed by atoms with Crippen LogP contribution >= 0.6 is 0 Å². The number of esters is 1. The second-order valence-electron chi connectivity index (χ2n) is 18.0. The summed E-state index contributed by atoms with van der Waals surface area (Å²) in [6, 6.07) is 0. The number of carbonyl (C=O) groups is 2. The van der Waals surface area contributed by atoms with E-state index >= 15 is 0 Å². The molecule has 0 radical (unpaired) electrons. The number of carboxylic acid groups (broad SMARTS) is 1. The predicted molar refractivity (Wildman–Crippen MR) is 173 cm³/mol. The normalized spacial score (nSPS) is 52.9. The number of allylic oxidation sites excluding steroid dienone is 2. The number of carbonyl (C=O) groups excluding carboxylic acids is 1. The molecule has 4 saturated carbocycles. The van der Waals surface area contributed by atoms with Gasteiger partial charge in [0, 0.05) is 5.41 Å². The van der Waals surface area contributed by atoms with E-state index < -0.39 is 71.1 Å². The van der Waals surface area contributed by atoms with Crippen molar-refractivity contribution in [3.63, 3.8) is 0 Å². The molecule has 15 unspecified atom stereocenters. The molecule has 15 atom stereocenters. The van der Waals surface area contributed by atoms with Crippen molar-refractivity contribution in [2.24, 2.45) is 50.2 Å². The van der Waals surface area contributed by atoms with Crippen LogP contribution in [0.15, 0.2) is 11.6 Å². The van der Waals surface area contributed by atoms with Crippen molar-refractivity contribution in [1.29, 1.82) is 0 Å². The lowest BCUT2D eigenvalue weighted by Gasteiger charge is -2.71. The number of methoxy groups -OCH3 is 1. The number of hydrogen-bond acceptors (Lipinski definition) is 10. The van der Waals surface area contributed by atoms with Gasteiger partial charge in [-0.25, -0.2) is 4.79 Å². The molecule has 11 heteroatoms. The molecule has 1 aliphatic heterocycles. The number of carboxylic acids is 1. The summed E-state index contributed by atoms with van der Waals surface area (Å²) in [4.78, 5) is 25.3. The van der Waals surface area contributed by atoms with Crippen molar-refractivity contribution in [3.05, 3.63) is 11.6 Å². The van der Waals surface area contributed by atoms with Crippen molar-refractivity contribution >= 4 is 11.9 Å². The van der Waals surface area contributed by atoms with Crippen LogP contribution in [-0.2, 0) is 23.8 Å². The Morgan fingerprint density at radius 2 is 1.58 bits per heavy atom. The van der Waals surface area contributed by atoms with Crippen LogP contribution in [0.5, 0.6) is 0 Å². The number of hydrogen-bond donors (Lipinski definition) is 6. The quantitative estimate of drug-likeness (QED) is 0.143. The SMILES string of the molecule is COC(=O)C1OC(OC2CCC3(C)C(CCC4(C)C3CC=C3C5CC(C)(C)CCC5(C(=O)O)C(O)CC34C)C2(C)CO)C(O)C(O)C1O. The molecule has 5 aliphatic carbocycles. The zero-order valence-electron chi connectivity index (χ0n) is 29.6. The molecule has 1 saturated heterocycles. The highest BCUT2D eigenvalue weighted by Crippen LogP contribution is 2.76. The summed E-state index contributed by atoms with van der Waals surface area (Å²) < 4.78 is 16.8. The van der Waals surface area contributed by atoms with Gasteiger partial charge < -0.3 is 44.8 Å². The van der Waals surface area contributed by atoms with Crippen LogP contribution in [0.25, 0.3) is 0 Å². The number of fused-ring (bicyclic) bond motifs is 7. The van der Waals surface area contributed by atoms with Crippen molar-refractivity contribution < 1.29 is 54.4 Å². The van der Waals surface area contributed by atoms with Crippen LogP contribution in [0, 0.1) is 50.2 Å². The minimum atomic E-state index is -1.69. The Bertz CT molecular complexity index is 1330. The molecule has 5 fully saturated rings. The van der Waals surface area contributed by atoms with Crippen LogP contribution in [0.3, 0.4) is 0 Å². The number of aliphatic carboxylic acids is 1. The topological polar surface area (TPSA) is 183 Å². The maximum Gasteiger partial charge on any atom is 0.337 e. The highest BCUT2D eigenvalue weighted by Gasteiger charge is 2.72. The van der Waals surface area contributed by atoms with E-state index in [1.54, 1.807) is 0 Å². The van der Waals surface area contributed by atoms with Gasteiger partial charge in [0.2, 0.25) is 0 Å². The van der Waals surface area contributed by atoms with E-state index in [9.17, 15) is 40.2 Å². The molecule has 1 heterocycles. The summed E-state index contributed by atoms with van der Waals surface area (Å²) >= 11 is 0. The standard InChI is InChI=1S/C37H58O11/c1-32(2)14-15-37(31(44)45)20(16-32)19-8-9-22-33(3)12-11-24(47-30-27(42)25(40)26(41)28(48-30)29(43)46-7)34(4,18-38)21(33)10-13-35(22,5)36(19,6)17-23(37)39/h8,20-28,30,38-42H,9-18H2,1-7H3,(H,44,45). The Hall–Kier alpha value is -1.60. The lowest BCUT2D eigenvalue weighted by atomic mass is 9.33. The number of aliphatic hydroxyl groups excluding tert-OH is 5. The number of rotatable bonds is 5. The molecule has 6 N–H and O–H groups in total. The smallest absolute Gasteiger partial charge is 0.337 e. The molecule has 6 rings (SSSR count). The fourth-order valence-electron chi connectivity index (χ4n) is 12.4. The van der Waals surface area contributed by atoms with Crippen molar-refractivity contribution in [2.75, 3.05) is 13.7 Å². The molecule has 48 heavy (non-hydrogen) atoms. The molecule has 0 bridgehead atoms. The van der Waals surface area contributed by atoms with E-state index in [1.807, 2.05) is 6.92 Å². The molecule has 0 aromatic rings. The zero-order valence-corrected chi connectivity index (χ0v) is 29.6. The molecular formula is C37H58O11. The third kappa shape index (κ3) is 4.77. The highest BCUT2D eigenvalue weighted by molar-refractivity contribution is 5.78. The van der Waals surface area contributed by atoms with Crippen LogP contribution in [0.4, 0.5) is 0 Å². The first kappa shape index (κ1) is 36.2. The highest BCUT2D eigenvalue weighted by atomic mass is 16.7. The van der Waals surface area contributed by atoms with E-state index in [2.05, 4.69) is 40.7 Å². The van der Waals surface area contributed by atoms with Gasteiger partial charge in [-0.2, -0.15) is 0 Å². The Balaban J connectivity index is 1.32. The second kappa shape index (κ2) is 11.7. The first-order valence-corrected chi connectivity index (χ1v) is 17.9. The van der Waals surface area contributed by atoms with Gasteiger partial charge in [-0.3, -0.25) is 4.79 Å². The van der Waals surface area contributed by atoms with Gasteiger partial charge in [0.1, 0.15) is 23.7 Å². The van der Waals surface area contributed by atoms with Crippen LogP contribution in [0.2, 0.25) is 0 Å². The van der Waals surface area contributed by atoms with Crippen LogP contribution in [-0.4, -0.2) is 99.2 Å². The van der Waals surface area contributed by atoms with Crippen LogP contribution < -0.4 is 0 Å². The minimum absolute atomic E-state index is 0.0123. The first-order chi connectivity index (χ1) is 22.3. The van der Waals surface area contributed by atoms with Gasteiger partial charge in [0.15, 0.2) is 12.4 Å². The molecule has 272 valence electrons. The van der Waals surface area contributed by atoms with Gasteiger partial charge in [0.05, 0.1) is 25.9 Å². The van der Waals surface area contributed by atoms with Gasteiger partial charge in [-0.1, -0.05) is 53.2 Å². The molecule has 0 spiro atoms. The fraction of sp³-hybridized carbons (Fsp3) is 0.892. The summed E-state index contributed by atoms with van der Waals surface area (Å²) in [6.45, 7) is 13.2. The van der Waals surface area contributed by atoms with E-state index in [0.717, 1.165) is 45.6 Å². The molecule has 6 aliphatic rings. The summed E-state index contributed by atoms with van der Waals surface area (Å²) in [6.07, 6.45) is -1.08. The largest absolute Gasteiger partial charge is 0.481 e. The fourth-order valence-corrected chi connectivity index (χ4v) is 12.4. The Labute approximate surface area is 284 Å². The minimum Gasteiger partial charge on any atom is -0.481 e. The monoisotopic (exact) mass is 678 g/mol. The second-order valence-corrected chi connectivity index (χ2v) is 18.0. The summed E-state index contributed by atoms with van der Waals surface area (Å²) in [5.41, 5.74) is -1.59. The molecule has 0 aromatic heterocycles. The maximum atomic E-state index is 13.0. The van der Waals surface area contributed by atoms with Crippen molar-refractivity contribution in [2.45, 2.75) is 142 Å². The Morgan fingerprint density at radius 3 is 2.21 bits per heavy atom. The summed E-state index contributed by atoms with van der Waals surface area (Å²) in [5.74, 6) is -1.79. The van der Waals surface area contributed by atoms with Gasteiger partial charge in [-0.15, -0.1) is 0 Å². The third-order valence-electron chi connectivity index (χ3n) is 15.5. The molecule has 11 nitrogen and oxygen atoms in total. The predicted octanol–water partition coefficient (Wildman–Crippen LogP) is 3.18. The van der Waals surface area contributed by atoms with E-state index in [-0.39, 0.29) is 40.6 Å². The molecule has 0 aromatic carbocycles. The Morgan fingerprint density at radius 1 is 0.896 bits per heavy atom. The number of aliphatic hydroxyl groups is 5. The van der Waals surface area contributed by atoms with E-state index in [1.165, 1.54) is 5.57 Å². The van der Waals surface area contributed by atoms with Crippen molar-refractivity contribution in [3.8, 4) is 0 Å². The number of ether oxygens (including phenoxy) is 3. The van der Waals surface area contributed by atoms with E-state index in [0.29, 0.717) is 19.3 Å². The van der Waals surface area contributed by atoms with Crippen LogP contribution in [0.1, 0.15) is 99.3 Å². The third-order valence-corrected chi connectivity index (χ3v) is 15.5. The maximum absolute atomic E-state index is 13.0. The summed E-state index contributed by atoms with van der Waals surface area (Å²) in [5, 5.41) is 65.4. The van der Waals surface area contributed by atoms with Gasteiger partial charge >= 0.3 is 11.9 Å². The van der Waals surface area contributed by atoms with Gasteiger partial charge in [-0.05, 0) is 97.2 Å². The first-order valence-electron chi connectivity index (χ1n) is 17.9. The molecular weight excluding hydrogens is 620 g/mol. The molecule has 0 amide bonds.